The van der Waals surface area contributed by atoms with Crippen LogP contribution in [-0.2, 0) is 11.6 Å². The third-order valence-electron chi connectivity index (χ3n) is 1.20. The summed E-state index contributed by atoms with van der Waals surface area (Å²) in [5.41, 5.74) is 0. The molecule has 5 heteroatoms. The maximum Gasteiger partial charge on any atom is 0.335 e. The van der Waals surface area contributed by atoms with E-state index >= 15 is 0 Å². The molecule has 0 saturated heterocycles. The molecule has 0 aromatic carbocycles. The molecule has 0 aliphatic rings. The summed E-state index contributed by atoms with van der Waals surface area (Å²) < 4.78 is 16.6. The van der Waals surface area contributed by atoms with Crippen molar-refractivity contribution in [2.24, 2.45) is 5.92 Å². The number of rotatable bonds is 4. The molecule has 2 nitrogen and oxygen atoms in total. The molecular formula is C6H12Br2O2S. The summed E-state index contributed by atoms with van der Waals surface area (Å²) >= 11 is 6.06. The van der Waals surface area contributed by atoms with E-state index in [1.54, 1.807) is 0 Å². The summed E-state index contributed by atoms with van der Waals surface area (Å²) in [6, 6.07) is 0. The predicted molar refractivity (Wildman–Crippen MR) is 54.9 cm³/mol. The first kappa shape index (κ1) is 14.3. The zero-order valence-electron chi connectivity index (χ0n) is 6.39. The minimum atomic E-state index is -0.750. The third kappa shape index (κ3) is 18.1. The van der Waals surface area contributed by atoms with Gasteiger partial charge in [-0.25, -0.2) is 0 Å². The van der Waals surface area contributed by atoms with Crippen LogP contribution >= 0.6 is 31.9 Å². The molecule has 0 aromatic rings. The first-order valence-corrected chi connectivity index (χ1v) is 6.17. The molecule has 0 heterocycles. The van der Waals surface area contributed by atoms with Gasteiger partial charge in [0.1, 0.15) is 0 Å². The van der Waals surface area contributed by atoms with Crippen LogP contribution in [0.2, 0.25) is 0 Å². The van der Waals surface area contributed by atoms with Crippen molar-refractivity contribution in [3.63, 3.8) is 0 Å². The number of halogens is 2. The van der Waals surface area contributed by atoms with Crippen molar-refractivity contribution in [1.82, 2.24) is 0 Å². The van der Waals surface area contributed by atoms with Crippen LogP contribution in [0.5, 0.6) is 0 Å². The second-order valence-electron chi connectivity index (χ2n) is 2.13. The fraction of sp³-hybridized carbons (Fsp3) is 1.00. The first-order valence-electron chi connectivity index (χ1n) is 3.26. The second kappa shape index (κ2) is 13.4. The highest BCUT2D eigenvalue weighted by Gasteiger charge is 1.97. The van der Waals surface area contributed by atoms with Crippen LogP contribution in [0.4, 0.5) is 0 Å². The number of hydrogen-bond acceptors (Lipinski definition) is 2. The Morgan fingerprint density at radius 3 is 1.64 bits per heavy atom. The molecule has 0 N–H and O–H groups in total. The Balaban J connectivity index is 0. The van der Waals surface area contributed by atoms with Gasteiger partial charge in [-0.2, -0.15) is 8.42 Å². The van der Waals surface area contributed by atoms with Crippen molar-refractivity contribution in [2.75, 3.05) is 10.7 Å². The molecule has 68 valence electrons. The fourth-order valence-electron chi connectivity index (χ4n) is 0.517. The Bertz CT molecular complexity index is 98.8. The molecule has 0 fully saturated rings. The molecule has 0 amide bonds. The highest BCUT2D eigenvalue weighted by atomic mass is 79.9. The zero-order valence-corrected chi connectivity index (χ0v) is 10.4. The monoisotopic (exact) mass is 306 g/mol. The van der Waals surface area contributed by atoms with Gasteiger partial charge in [0.15, 0.2) is 0 Å². The Morgan fingerprint density at radius 1 is 1.18 bits per heavy atom. The average Bonchev–Trinajstić information content (AvgIpc) is 1.90. The van der Waals surface area contributed by atoms with Crippen molar-refractivity contribution >= 4 is 43.4 Å². The molecule has 0 aliphatic carbocycles. The van der Waals surface area contributed by atoms with E-state index < -0.39 is 11.6 Å². The van der Waals surface area contributed by atoms with Crippen molar-refractivity contribution in [3.8, 4) is 0 Å². The molecule has 0 aromatic heterocycles. The van der Waals surface area contributed by atoms with E-state index in [0.29, 0.717) is 0 Å². The van der Waals surface area contributed by atoms with Crippen LogP contribution in [0, 0.1) is 5.92 Å². The lowest BCUT2D eigenvalue weighted by atomic mass is 10.1. The Hall–Kier alpha value is 0.780. The lowest BCUT2D eigenvalue weighted by Gasteiger charge is -2.04. The van der Waals surface area contributed by atoms with Gasteiger partial charge >= 0.3 is 11.6 Å². The molecule has 0 atom stereocenters. The van der Waals surface area contributed by atoms with Gasteiger partial charge in [-0.05, 0) is 18.8 Å². The Kier molecular flexibility index (Phi) is 17.4. The summed E-state index contributed by atoms with van der Waals surface area (Å²) in [6.45, 7) is 2.28. The van der Waals surface area contributed by atoms with Crippen LogP contribution in [0.1, 0.15) is 19.8 Å². The first-order chi connectivity index (χ1) is 5.22. The van der Waals surface area contributed by atoms with Crippen LogP contribution in [0.25, 0.3) is 0 Å². The minimum absolute atomic E-state index is 0.750. The lowest BCUT2D eigenvalue weighted by molar-refractivity contribution is 0.556. The van der Waals surface area contributed by atoms with Crippen molar-refractivity contribution < 1.29 is 8.42 Å². The van der Waals surface area contributed by atoms with Gasteiger partial charge in [-0.1, -0.05) is 38.8 Å². The van der Waals surface area contributed by atoms with Gasteiger partial charge in [-0.15, -0.1) is 0 Å². The normalized spacial score (nSPS) is 8.73. The van der Waals surface area contributed by atoms with E-state index in [9.17, 15) is 0 Å². The molecule has 0 aliphatic heterocycles. The molecule has 0 saturated carbocycles. The third-order valence-corrected chi connectivity index (χ3v) is 2.12. The number of alkyl halides is 2. The largest absolute Gasteiger partial charge is 0.335 e. The molecule has 0 unspecified atom stereocenters. The maximum atomic E-state index is 8.29. The van der Waals surface area contributed by atoms with Gasteiger partial charge in [0.25, 0.3) is 0 Å². The molecule has 11 heavy (non-hydrogen) atoms. The minimum Gasteiger partial charge on any atom is -0.168 e. The van der Waals surface area contributed by atoms with Crippen LogP contribution in [-0.4, -0.2) is 19.1 Å². The van der Waals surface area contributed by atoms with E-state index in [0.717, 1.165) is 16.6 Å². The Morgan fingerprint density at radius 2 is 1.45 bits per heavy atom. The van der Waals surface area contributed by atoms with Gasteiger partial charge in [0.2, 0.25) is 0 Å². The molecule has 0 spiro atoms. The summed E-state index contributed by atoms with van der Waals surface area (Å²) in [4.78, 5) is 0. The van der Waals surface area contributed by atoms with Gasteiger partial charge in [0.05, 0.1) is 0 Å². The Labute approximate surface area is 88.0 Å². The SMILES string of the molecule is CC(CCBr)CCBr.O=S=O. The fourth-order valence-corrected chi connectivity index (χ4v) is 2.08. The zero-order chi connectivity index (χ0) is 9.11. The molecular weight excluding hydrogens is 296 g/mol. The van der Waals surface area contributed by atoms with Gasteiger partial charge in [0, 0.05) is 10.7 Å². The molecule has 0 bridgehead atoms. The van der Waals surface area contributed by atoms with Crippen molar-refractivity contribution in [3.05, 3.63) is 0 Å². The van der Waals surface area contributed by atoms with E-state index in [1.165, 1.54) is 12.8 Å². The molecule has 0 rings (SSSR count). The van der Waals surface area contributed by atoms with E-state index in [2.05, 4.69) is 38.8 Å². The quantitative estimate of drug-likeness (QED) is 0.748. The lowest BCUT2D eigenvalue weighted by Crippen LogP contribution is -1.94. The summed E-state index contributed by atoms with van der Waals surface area (Å²) in [7, 11) is 0. The van der Waals surface area contributed by atoms with Crippen LogP contribution in [0.3, 0.4) is 0 Å². The highest BCUT2D eigenvalue weighted by molar-refractivity contribution is 9.09. The topological polar surface area (TPSA) is 34.1 Å². The standard InChI is InChI=1S/C6H12Br2.O2S/c1-6(2-4-7)3-5-8;1-3-2/h6H,2-5H2,1H3;. The van der Waals surface area contributed by atoms with E-state index in [1.807, 2.05) is 0 Å². The van der Waals surface area contributed by atoms with Crippen molar-refractivity contribution in [2.45, 2.75) is 19.8 Å². The summed E-state index contributed by atoms with van der Waals surface area (Å²) in [5, 5.41) is 2.28. The maximum absolute atomic E-state index is 8.29. The summed E-state index contributed by atoms with van der Waals surface area (Å²) in [6.07, 6.45) is 2.59. The van der Waals surface area contributed by atoms with Gasteiger partial charge in [-0.3, -0.25) is 0 Å². The predicted octanol–water partition coefficient (Wildman–Crippen LogP) is 2.52. The average molecular weight is 308 g/mol. The highest BCUT2D eigenvalue weighted by Crippen LogP contribution is 2.09. The van der Waals surface area contributed by atoms with E-state index in [4.69, 9.17) is 8.42 Å². The molecule has 0 radical (unpaired) electrons. The second-order valence-corrected chi connectivity index (χ2v) is 3.85. The number of hydrogen-bond donors (Lipinski definition) is 0. The van der Waals surface area contributed by atoms with Gasteiger partial charge < -0.3 is 0 Å². The van der Waals surface area contributed by atoms with Crippen molar-refractivity contribution in [1.29, 1.82) is 0 Å². The smallest absolute Gasteiger partial charge is 0.168 e. The van der Waals surface area contributed by atoms with E-state index in [-0.39, 0.29) is 0 Å². The van der Waals surface area contributed by atoms with Crippen LogP contribution in [0.15, 0.2) is 0 Å². The summed E-state index contributed by atoms with van der Waals surface area (Å²) in [5.74, 6) is 0.869. The van der Waals surface area contributed by atoms with Crippen LogP contribution < -0.4 is 0 Å².